The molecule has 1 aliphatic rings. The fraction of sp³-hybridized carbons (Fsp3) is 0.0588. The van der Waals surface area contributed by atoms with Crippen molar-refractivity contribution in [2.24, 2.45) is 0 Å². The van der Waals surface area contributed by atoms with Gasteiger partial charge in [-0.15, -0.1) is 5.10 Å². The molecule has 0 spiro atoms. The molecule has 0 fully saturated rings. The number of carbonyl (C=O) groups excluding carboxylic acids is 2. The summed E-state index contributed by atoms with van der Waals surface area (Å²) in [5.74, 6) is -1.11. The maximum Gasteiger partial charge on any atom is 0.256 e. The Morgan fingerprint density at radius 3 is 2.14 bits per heavy atom. The Balaban J connectivity index is 1.82. The van der Waals surface area contributed by atoms with E-state index in [1.165, 1.54) is 4.80 Å². The Morgan fingerprint density at radius 2 is 1.36 bits per heavy atom. The van der Waals surface area contributed by atoms with Crippen molar-refractivity contribution >= 4 is 11.6 Å². The number of carbonyl (C=O) groups is 2. The van der Waals surface area contributed by atoms with E-state index in [1.54, 1.807) is 18.2 Å². The highest BCUT2D eigenvalue weighted by Crippen LogP contribution is 2.30. The van der Waals surface area contributed by atoms with Crippen molar-refractivity contribution in [2.75, 3.05) is 0 Å². The molecular weight excluding hydrogens is 278 g/mol. The average Bonchev–Trinajstić information content (AvgIpc) is 2.98. The smallest absolute Gasteiger partial charge is 0.256 e. The van der Waals surface area contributed by atoms with Gasteiger partial charge >= 0.3 is 0 Å². The number of aromatic nitrogens is 3. The first-order valence-corrected chi connectivity index (χ1v) is 6.91. The number of hydrogen-bond acceptors (Lipinski definition) is 4. The zero-order valence-electron chi connectivity index (χ0n) is 11.6. The maximum atomic E-state index is 12.2. The van der Waals surface area contributed by atoms with Gasteiger partial charge in [-0.05, 0) is 5.56 Å². The molecule has 0 saturated heterocycles. The number of rotatable bonds is 2. The molecule has 0 N–H and O–H groups in total. The van der Waals surface area contributed by atoms with Gasteiger partial charge in [-0.1, -0.05) is 54.6 Å². The highest BCUT2D eigenvalue weighted by Gasteiger charge is 2.34. The molecule has 2 aromatic carbocycles. The molecule has 0 unspecified atom stereocenters. The van der Waals surface area contributed by atoms with E-state index < -0.39 is 11.6 Å². The molecule has 5 heteroatoms. The zero-order valence-corrected chi connectivity index (χ0v) is 11.6. The van der Waals surface area contributed by atoms with Crippen molar-refractivity contribution in [1.29, 1.82) is 0 Å². The van der Waals surface area contributed by atoms with Crippen LogP contribution < -0.4 is 0 Å². The molecule has 1 aliphatic carbocycles. The molecule has 0 aliphatic heterocycles. The molecule has 3 aromatic rings. The van der Waals surface area contributed by atoms with Crippen molar-refractivity contribution in [3.05, 3.63) is 71.4 Å². The summed E-state index contributed by atoms with van der Waals surface area (Å²) in [4.78, 5) is 25.8. The summed E-state index contributed by atoms with van der Waals surface area (Å²) in [6, 6.07) is 16.7. The lowest BCUT2D eigenvalue weighted by Crippen LogP contribution is -2.21. The fourth-order valence-electron chi connectivity index (χ4n) is 2.62. The first-order valence-electron chi connectivity index (χ1n) is 6.91. The van der Waals surface area contributed by atoms with Crippen molar-refractivity contribution < 1.29 is 9.59 Å². The summed E-state index contributed by atoms with van der Waals surface area (Å²) in [5.41, 5.74) is 2.71. The molecule has 5 nitrogen and oxygen atoms in total. The number of benzene rings is 2. The first kappa shape index (κ1) is 12.6. The lowest BCUT2D eigenvalue weighted by atomic mass is 9.90. The Labute approximate surface area is 126 Å². The van der Waals surface area contributed by atoms with Crippen LogP contribution in [0, 0.1) is 0 Å². The van der Waals surface area contributed by atoms with Gasteiger partial charge in [0, 0.05) is 11.1 Å². The molecule has 0 amide bonds. The topological polar surface area (TPSA) is 64.8 Å². The summed E-state index contributed by atoms with van der Waals surface area (Å²) >= 11 is 0. The van der Waals surface area contributed by atoms with Crippen LogP contribution in [0.3, 0.4) is 0 Å². The number of hydrogen-bond donors (Lipinski definition) is 0. The minimum atomic E-state index is -0.590. The largest absolute Gasteiger partial charge is 0.285 e. The van der Waals surface area contributed by atoms with Crippen molar-refractivity contribution in [2.45, 2.75) is 6.54 Å². The Morgan fingerprint density at radius 1 is 0.727 bits per heavy atom. The maximum absolute atomic E-state index is 12.2. The molecule has 4 rings (SSSR count). The van der Waals surface area contributed by atoms with Crippen molar-refractivity contribution in [1.82, 2.24) is 15.0 Å². The molecule has 106 valence electrons. The van der Waals surface area contributed by atoms with E-state index in [0.717, 1.165) is 5.56 Å². The van der Waals surface area contributed by atoms with Gasteiger partial charge in [-0.2, -0.15) is 9.90 Å². The van der Waals surface area contributed by atoms with Gasteiger partial charge in [0.05, 0.1) is 6.54 Å². The minimum Gasteiger partial charge on any atom is -0.285 e. The van der Waals surface area contributed by atoms with Crippen LogP contribution in [0.1, 0.15) is 26.4 Å². The minimum absolute atomic E-state index is 0.139. The van der Waals surface area contributed by atoms with Crippen molar-refractivity contribution in [3.63, 3.8) is 0 Å². The van der Waals surface area contributed by atoms with E-state index in [9.17, 15) is 9.59 Å². The average molecular weight is 289 g/mol. The second-order valence-corrected chi connectivity index (χ2v) is 5.12. The second kappa shape index (κ2) is 4.73. The third kappa shape index (κ3) is 1.87. The molecular formula is C17H11N3O2. The molecule has 22 heavy (non-hydrogen) atoms. The Hall–Kier alpha value is -3.08. The van der Waals surface area contributed by atoms with E-state index in [1.807, 2.05) is 36.4 Å². The molecule has 0 saturated carbocycles. The number of fused-ring (bicyclic) bond motifs is 3. The third-order valence-corrected chi connectivity index (χ3v) is 3.67. The predicted octanol–water partition coefficient (Wildman–Crippen LogP) is 2.37. The quantitative estimate of drug-likeness (QED) is 0.679. The van der Waals surface area contributed by atoms with Gasteiger partial charge < -0.3 is 0 Å². The summed E-state index contributed by atoms with van der Waals surface area (Å²) in [7, 11) is 0. The lowest BCUT2D eigenvalue weighted by Gasteiger charge is -2.10. The molecule has 0 radical (unpaired) electrons. The Kier molecular flexibility index (Phi) is 2.72. The fourth-order valence-corrected chi connectivity index (χ4v) is 2.62. The summed E-state index contributed by atoms with van der Waals surface area (Å²) in [6.07, 6.45) is 0. The summed E-state index contributed by atoms with van der Waals surface area (Å²) in [5, 5.41) is 8.62. The monoisotopic (exact) mass is 289 g/mol. The van der Waals surface area contributed by atoms with E-state index in [2.05, 4.69) is 10.2 Å². The van der Waals surface area contributed by atoms with Gasteiger partial charge in [0.1, 0.15) is 5.69 Å². The second-order valence-electron chi connectivity index (χ2n) is 5.12. The van der Waals surface area contributed by atoms with E-state index in [4.69, 9.17) is 0 Å². The van der Waals surface area contributed by atoms with E-state index in [-0.39, 0.29) is 5.69 Å². The SMILES string of the molecule is O=C1C(=O)c2nn(Cc3ccccc3)nc2-c2ccccc21. The van der Waals surface area contributed by atoms with Crippen LogP contribution in [0.4, 0.5) is 0 Å². The van der Waals surface area contributed by atoms with Crippen molar-refractivity contribution in [3.8, 4) is 11.3 Å². The normalized spacial score (nSPS) is 12.9. The molecule has 1 heterocycles. The molecule has 0 bridgehead atoms. The van der Waals surface area contributed by atoms with Crippen LogP contribution in [-0.2, 0) is 6.54 Å². The van der Waals surface area contributed by atoms with Gasteiger partial charge in [-0.3, -0.25) is 9.59 Å². The molecule has 0 atom stereocenters. The highest BCUT2D eigenvalue weighted by atomic mass is 16.2. The Bertz CT molecular complexity index is 897. The van der Waals surface area contributed by atoms with E-state index in [0.29, 0.717) is 23.4 Å². The van der Waals surface area contributed by atoms with Crippen LogP contribution in [0.25, 0.3) is 11.3 Å². The zero-order chi connectivity index (χ0) is 15.1. The number of nitrogens with zero attached hydrogens (tertiary/aromatic N) is 3. The van der Waals surface area contributed by atoms with Crippen LogP contribution in [0.15, 0.2) is 54.6 Å². The molecule has 1 aromatic heterocycles. The van der Waals surface area contributed by atoms with Gasteiger partial charge in [0.15, 0.2) is 5.69 Å². The van der Waals surface area contributed by atoms with E-state index >= 15 is 0 Å². The van der Waals surface area contributed by atoms with Gasteiger partial charge in [0.25, 0.3) is 5.78 Å². The number of Topliss-reactive ketones (excluding diaryl/α,β-unsaturated/α-hetero) is 2. The third-order valence-electron chi connectivity index (χ3n) is 3.67. The lowest BCUT2D eigenvalue weighted by molar-refractivity contribution is 0.0812. The van der Waals surface area contributed by atoms with Gasteiger partial charge in [0.2, 0.25) is 5.78 Å². The van der Waals surface area contributed by atoms with Crippen LogP contribution in [-0.4, -0.2) is 26.6 Å². The summed E-state index contributed by atoms with van der Waals surface area (Å²) in [6.45, 7) is 0.456. The van der Waals surface area contributed by atoms with Crippen LogP contribution >= 0.6 is 0 Å². The standard InChI is InChI=1S/C17H11N3O2/c21-16-13-9-5-4-8-12(13)14-15(17(16)22)19-20(18-14)10-11-6-2-1-3-7-11/h1-9H,10H2. The highest BCUT2D eigenvalue weighted by molar-refractivity contribution is 6.52. The summed E-state index contributed by atoms with van der Waals surface area (Å²) < 4.78 is 0. The first-order chi connectivity index (χ1) is 10.7. The van der Waals surface area contributed by atoms with Crippen LogP contribution in [0.5, 0.6) is 0 Å². The van der Waals surface area contributed by atoms with Gasteiger partial charge in [-0.25, -0.2) is 0 Å². The predicted molar refractivity (Wildman–Crippen MR) is 79.7 cm³/mol. The van der Waals surface area contributed by atoms with Crippen LogP contribution in [0.2, 0.25) is 0 Å². The number of ketones is 2.